The third-order valence-corrected chi connectivity index (χ3v) is 11.7. The molecule has 0 fully saturated rings. The van der Waals surface area contributed by atoms with Crippen LogP contribution in [0, 0.1) is 116 Å². The average molecular weight is 786 g/mol. The molecule has 9 rings (SSSR count). The Hall–Kier alpha value is -10.2. The lowest BCUT2D eigenvalue weighted by Crippen LogP contribution is -2.06. The predicted octanol–water partition coefficient (Wildman–Crippen LogP) is 10.2. The van der Waals surface area contributed by atoms with Crippen LogP contribution in [0.2, 0.25) is 0 Å². The monoisotopic (exact) mass is 785 g/mol. The molecule has 0 saturated heterocycles. The van der Waals surface area contributed by atoms with Crippen molar-refractivity contribution in [3.8, 4) is 77.0 Å². The molecule has 0 unspecified atom stereocenters. The Morgan fingerprint density at radius 3 is 1.35 bits per heavy atom. The van der Waals surface area contributed by atoms with Gasteiger partial charge in [0.2, 0.25) is 0 Å². The van der Waals surface area contributed by atoms with Gasteiger partial charge in [-0.15, -0.1) is 0 Å². The van der Waals surface area contributed by atoms with E-state index >= 15 is 0 Å². The Balaban J connectivity index is 1.53. The SMILES string of the molecule is Cc1c(C#N)c(C#N)c(C#N)c2c1c1c(C)c(-c3ccc(-c4ccc5ccc6cccnc6c5n4)c4ccccc34)c(C#N)c(C#N)c1c1c(C#N)c(C#N)c(C#N)c(C#N)c21. The number of fused-ring (bicyclic) bond motifs is 10. The lowest BCUT2D eigenvalue weighted by Gasteiger charge is -2.23. The van der Waals surface area contributed by atoms with Crippen LogP contribution in [0.3, 0.4) is 0 Å². The van der Waals surface area contributed by atoms with E-state index in [4.69, 9.17) is 4.98 Å². The van der Waals surface area contributed by atoms with Crippen molar-refractivity contribution in [2.45, 2.75) is 13.8 Å². The molecule has 2 heterocycles. The fraction of sp³-hybridized carbons (Fsp3) is 0.0392. The number of nitrogens with zero attached hydrogens (tertiary/aromatic N) is 11. The Morgan fingerprint density at radius 1 is 0.371 bits per heavy atom. The molecule has 7 aromatic carbocycles. The maximum atomic E-state index is 11.2. The normalized spacial score (nSPS) is 10.6. The van der Waals surface area contributed by atoms with E-state index in [0.29, 0.717) is 27.8 Å². The zero-order chi connectivity index (χ0) is 43.6. The second-order valence-corrected chi connectivity index (χ2v) is 14.4. The molecule has 2 aromatic heterocycles. The summed E-state index contributed by atoms with van der Waals surface area (Å²) in [5.41, 5.74) is 1.89. The third-order valence-electron chi connectivity index (χ3n) is 11.7. The number of aromatic nitrogens is 2. The van der Waals surface area contributed by atoms with Gasteiger partial charge >= 0.3 is 0 Å². The lowest BCUT2D eigenvalue weighted by atomic mass is 9.76. The minimum Gasteiger partial charge on any atom is -0.254 e. The molecular formula is C51H19N11. The second-order valence-electron chi connectivity index (χ2n) is 14.4. The molecule has 11 nitrogen and oxygen atoms in total. The van der Waals surface area contributed by atoms with Crippen LogP contribution in [0.5, 0.6) is 0 Å². The highest BCUT2D eigenvalue weighted by Gasteiger charge is 2.32. The molecule has 0 spiro atoms. The average Bonchev–Trinajstić information content (AvgIpc) is 3.31. The van der Waals surface area contributed by atoms with Gasteiger partial charge in [-0.05, 0) is 64.2 Å². The number of rotatable bonds is 2. The second kappa shape index (κ2) is 14.0. The Labute approximate surface area is 352 Å². The molecule has 0 radical (unpaired) electrons. The molecule has 0 aliphatic heterocycles. The standard InChI is InChI=1S/C51H19N11/c1-25-33(16-52)34(17-53)37(20-56)46-44(25)45-26(2)43(40(23-59)41(24-60)47(45)49-39(22-58)36(19-55)35(18-54)38(21-57)48(46)49)32-13-12-31(29-7-3-4-8-30(29)32)42-14-11-28-10-9-27-6-5-15-61-50(27)51(28)62-42/h3-15H,1-2H3. The van der Waals surface area contributed by atoms with Gasteiger partial charge in [-0.25, -0.2) is 4.98 Å². The number of nitriles is 9. The van der Waals surface area contributed by atoms with Crippen molar-refractivity contribution >= 4 is 64.9 Å². The van der Waals surface area contributed by atoms with Crippen molar-refractivity contribution in [2.24, 2.45) is 0 Å². The highest BCUT2D eigenvalue weighted by Crippen LogP contribution is 2.50. The summed E-state index contributed by atoms with van der Waals surface area (Å²) in [5, 5.41) is 99.6. The molecule has 0 amide bonds. The van der Waals surface area contributed by atoms with Crippen LogP contribution < -0.4 is 0 Å². The third kappa shape index (κ3) is 4.83. The van der Waals surface area contributed by atoms with E-state index in [9.17, 15) is 47.4 Å². The van der Waals surface area contributed by atoms with Gasteiger partial charge in [-0.3, -0.25) is 4.98 Å². The molecule has 0 atom stereocenters. The van der Waals surface area contributed by atoms with Gasteiger partial charge in [0.05, 0.1) is 66.8 Å². The van der Waals surface area contributed by atoms with Crippen LogP contribution in [-0.4, -0.2) is 9.97 Å². The predicted molar refractivity (Wildman–Crippen MR) is 230 cm³/mol. The van der Waals surface area contributed by atoms with Crippen LogP contribution in [0.15, 0.2) is 79.0 Å². The van der Waals surface area contributed by atoms with Crippen LogP contribution in [0.1, 0.15) is 61.2 Å². The van der Waals surface area contributed by atoms with E-state index in [0.717, 1.165) is 32.8 Å². The van der Waals surface area contributed by atoms with Gasteiger partial charge in [0, 0.05) is 49.6 Å². The van der Waals surface area contributed by atoms with Crippen LogP contribution in [-0.2, 0) is 0 Å². The van der Waals surface area contributed by atoms with Crippen molar-refractivity contribution in [1.29, 1.82) is 47.4 Å². The first kappa shape index (κ1) is 37.4. The molecule has 62 heavy (non-hydrogen) atoms. The first-order valence-corrected chi connectivity index (χ1v) is 18.7. The molecule has 0 bridgehead atoms. The van der Waals surface area contributed by atoms with Crippen molar-refractivity contribution < 1.29 is 0 Å². The van der Waals surface area contributed by atoms with Crippen molar-refractivity contribution in [3.63, 3.8) is 0 Å². The van der Waals surface area contributed by atoms with Gasteiger partial charge < -0.3 is 0 Å². The van der Waals surface area contributed by atoms with Crippen molar-refractivity contribution in [3.05, 3.63) is 140 Å². The minimum absolute atomic E-state index is 0.00987. The highest BCUT2D eigenvalue weighted by atomic mass is 14.8. The topological polar surface area (TPSA) is 240 Å². The number of aryl methyl sites for hydroxylation is 2. The van der Waals surface area contributed by atoms with Crippen molar-refractivity contribution in [1.82, 2.24) is 9.97 Å². The highest BCUT2D eigenvalue weighted by molar-refractivity contribution is 6.33. The summed E-state index contributed by atoms with van der Waals surface area (Å²) in [6.07, 6.45) is 1.72. The summed E-state index contributed by atoms with van der Waals surface area (Å²) in [4.78, 5) is 9.71. The molecule has 11 heteroatoms. The van der Waals surface area contributed by atoms with E-state index in [1.54, 1.807) is 20.0 Å². The fourth-order valence-electron chi connectivity index (χ4n) is 9.11. The van der Waals surface area contributed by atoms with Crippen LogP contribution in [0.4, 0.5) is 0 Å². The summed E-state index contributed by atoms with van der Waals surface area (Å²) < 4.78 is 0. The number of benzene rings is 7. The first-order chi connectivity index (χ1) is 30.3. The molecular weight excluding hydrogens is 767 g/mol. The maximum absolute atomic E-state index is 11.2. The Kier molecular flexibility index (Phi) is 8.46. The van der Waals surface area contributed by atoms with E-state index in [-0.39, 0.29) is 76.8 Å². The fourth-order valence-corrected chi connectivity index (χ4v) is 9.11. The summed E-state index contributed by atoms with van der Waals surface area (Å²) in [6, 6.07) is 41.3. The quantitative estimate of drug-likeness (QED) is 0.149. The largest absolute Gasteiger partial charge is 0.254 e. The van der Waals surface area contributed by atoms with Gasteiger partial charge in [-0.1, -0.05) is 60.7 Å². The number of hydrogen-bond acceptors (Lipinski definition) is 11. The van der Waals surface area contributed by atoms with E-state index < -0.39 is 11.1 Å². The zero-order valence-electron chi connectivity index (χ0n) is 32.4. The molecule has 0 N–H and O–H groups in total. The molecule has 0 aliphatic carbocycles. The maximum Gasteiger partial charge on any atom is 0.102 e. The van der Waals surface area contributed by atoms with E-state index in [1.165, 1.54) is 0 Å². The Morgan fingerprint density at radius 2 is 0.806 bits per heavy atom. The van der Waals surface area contributed by atoms with Crippen LogP contribution in [0.25, 0.3) is 87.3 Å². The summed E-state index contributed by atoms with van der Waals surface area (Å²) in [6.45, 7) is 3.29. The van der Waals surface area contributed by atoms with Gasteiger partial charge in [0.1, 0.15) is 54.6 Å². The minimum atomic E-state index is -0.437. The zero-order valence-corrected chi connectivity index (χ0v) is 32.4. The van der Waals surface area contributed by atoms with Gasteiger partial charge in [0.15, 0.2) is 0 Å². The number of pyridine rings is 2. The molecule has 0 saturated carbocycles. The lowest BCUT2D eigenvalue weighted by molar-refractivity contribution is 1.36. The summed E-state index contributed by atoms with van der Waals surface area (Å²) >= 11 is 0. The van der Waals surface area contributed by atoms with Crippen molar-refractivity contribution in [2.75, 3.05) is 0 Å². The van der Waals surface area contributed by atoms with Gasteiger partial charge in [0.25, 0.3) is 0 Å². The summed E-state index contributed by atoms with van der Waals surface area (Å²) in [5.74, 6) is 0. The molecule has 0 aliphatic rings. The molecule has 278 valence electrons. The summed E-state index contributed by atoms with van der Waals surface area (Å²) in [7, 11) is 0. The van der Waals surface area contributed by atoms with Gasteiger partial charge in [-0.2, -0.15) is 47.4 Å². The van der Waals surface area contributed by atoms with E-state index in [2.05, 4.69) is 23.2 Å². The smallest absolute Gasteiger partial charge is 0.102 e. The Bertz CT molecular complexity index is 4060. The molecule has 9 aromatic rings. The number of hydrogen-bond donors (Lipinski definition) is 0. The first-order valence-electron chi connectivity index (χ1n) is 18.7. The van der Waals surface area contributed by atoms with E-state index in [1.807, 2.05) is 109 Å². The van der Waals surface area contributed by atoms with Crippen LogP contribution >= 0.6 is 0 Å².